The Hall–Kier alpha value is -0.370. The van der Waals surface area contributed by atoms with Crippen molar-refractivity contribution in [2.75, 3.05) is 19.6 Å². The highest BCUT2D eigenvalue weighted by Crippen LogP contribution is 2.27. The van der Waals surface area contributed by atoms with Gasteiger partial charge in [0.1, 0.15) is 5.83 Å². The van der Waals surface area contributed by atoms with Gasteiger partial charge in [-0.3, -0.25) is 4.90 Å². The first-order chi connectivity index (χ1) is 5.84. The molecule has 0 bridgehead atoms. The third kappa shape index (κ3) is 1.86. The summed E-state index contributed by atoms with van der Waals surface area (Å²) in [5, 5.41) is 0. The molecule has 2 heteroatoms. The van der Waals surface area contributed by atoms with Crippen LogP contribution in [-0.2, 0) is 0 Å². The first-order valence-electron chi connectivity index (χ1n) is 4.91. The van der Waals surface area contributed by atoms with E-state index in [0.29, 0.717) is 6.54 Å². The molecule has 0 saturated heterocycles. The Morgan fingerprint density at radius 2 is 2.33 bits per heavy atom. The van der Waals surface area contributed by atoms with Crippen LogP contribution in [0, 0.1) is 5.92 Å². The Bertz CT molecular complexity index is 184. The minimum absolute atomic E-state index is 0.0700. The first-order valence-corrected chi connectivity index (χ1v) is 4.91. The Balaban J connectivity index is 1.77. The quantitative estimate of drug-likeness (QED) is 0.613. The van der Waals surface area contributed by atoms with E-state index in [1.54, 1.807) is 6.08 Å². The van der Waals surface area contributed by atoms with Crippen LogP contribution in [-0.4, -0.2) is 24.5 Å². The van der Waals surface area contributed by atoms with E-state index in [1.165, 1.54) is 19.3 Å². The Morgan fingerprint density at radius 1 is 1.50 bits per heavy atom. The molecule has 0 aromatic heterocycles. The van der Waals surface area contributed by atoms with E-state index in [9.17, 15) is 4.39 Å². The van der Waals surface area contributed by atoms with Crippen molar-refractivity contribution in [3.63, 3.8) is 0 Å². The summed E-state index contributed by atoms with van der Waals surface area (Å²) in [6, 6.07) is 0. The molecule has 1 aliphatic heterocycles. The largest absolute Gasteiger partial charge is 0.296 e. The number of rotatable bonds is 2. The maximum atomic E-state index is 12.8. The number of hydrogen-bond donors (Lipinski definition) is 0. The molecule has 12 heavy (non-hydrogen) atoms. The van der Waals surface area contributed by atoms with Crippen LogP contribution in [0.3, 0.4) is 0 Å². The van der Waals surface area contributed by atoms with Gasteiger partial charge in [-0.1, -0.05) is 12.5 Å². The molecule has 0 spiro atoms. The van der Waals surface area contributed by atoms with Crippen molar-refractivity contribution in [2.45, 2.75) is 25.7 Å². The summed E-state index contributed by atoms with van der Waals surface area (Å²) in [4.78, 5) is 2.25. The molecule has 0 amide bonds. The van der Waals surface area contributed by atoms with Crippen LogP contribution in [0.1, 0.15) is 25.7 Å². The molecule has 1 nitrogen and oxygen atoms in total. The van der Waals surface area contributed by atoms with Gasteiger partial charge in [0.05, 0.1) is 0 Å². The van der Waals surface area contributed by atoms with E-state index < -0.39 is 0 Å². The van der Waals surface area contributed by atoms with E-state index in [-0.39, 0.29) is 5.83 Å². The fourth-order valence-corrected chi connectivity index (χ4v) is 1.96. The maximum absolute atomic E-state index is 12.8. The molecule has 1 aliphatic carbocycles. The van der Waals surface area contributed by atoms with Crippen LogP contribution >= 0.6 is 0 Å². The summed E-state index contributed by atoms with van der Waals surface area (Å²) in [5.74, 6) is 0.941. The van der Waals surface area contributed by atoms with Gasteiger partial charge in [0.2, 0.25) is 0 Å². The lowest BCUT2D eigenvalue weighted by molar-refractivity contribution is 0.176. The lowest BCUT2D eigenvalue weighted by atomic mass is 9.85. The minimum atomic E-state index is 0.0700. The van der Waals surface area contributed by atoms with Crippen molar-refractivity contribution in [2.24, 2.45) is 5.92 Å². The van der Waals surface area contributed by atoms with Crippen LogP contribution in [0.4, 0.5) is 4.39 Å². The van der Waals surface area contributed by atoms with E-state index in [0.717, 1.165) is 25.4 Å². The summed E-state index contributed by atoms with van der Waals surface area (Å²) in [6.07, 6.45) is 6.73. The van der Waals surface area contributed by atoms with Crippen LogP contribution in [0.2, 0.25) is 0 Å². The van der Waals surface area contributed by atoms with Crippen molar-refractivity contribution in [3.8, 4) is 0 Å². The smallest absolute Gasteiger partial charge is 0.110 e. The lowest BCUT2D eigenvalue weighted by Gasteiger charge is -2.33. The van der Waals surface area contributed by atoms with Gasteiger partial charge in [-0.2, -0.15) is 0 Å². The number of hydrogen-bond acceptors (Lipinski definition) is 1. The molecule has 0 aromatic carbocycles. The zero-order valence-corrected chi connectivity index (χ0v) is 7.43. The second kappa shape index (κ2) is 3.56. The number of halogens is 1. The predicted molar refractivity (Wildman–Crippen MR) is 47.6 cm³/mol. The normalized spacial score (nSPS) is 26.6. The predicted octanol–water partition coefficient (Wildman–Crippen LogP) is 2.35. The SMILES string of the molecule is FC1=CCCN(CC2CCC2)C1. The van der Waals surface area contributed by atoms with Crippen molar-refractivity contribution in [1.29, 1.82) is 0 Å². The van der Waals surface area contributed by atoms with Gasteiger partial charge in [0.25, 0.3) is 0 Å². The van der Waals surface area contributed by atoms with Gasteiger partial charge in [-0.25, -0.2) is 4.39 Å². The second-order valence-electron chi connectivity index (χ2n) is 3.97. The van der Waals surface area contributed by atoms with Crippen molar-refractivity contribution >= 4 is 0 Å². The van der Waals surface area contributed by atoms with E-state index in [1.807, 2.05) is 0 Å². The Kier molecular flexibility index (Phi) is 2.45. The lowest BCUT2D eigenvalue weighted by Crippen LogP contribution is -2.35. The molecule has 2 rings (SSSR count). The van der Waals surface area contributed by atoms with Gasteiger partial charge >= 0.3 is 0 Å². The highest BCUT2D eigenvalue weighted by atomic mass is 19.1. The molecule has 1 saturated carbocycles. The zero-order chi connectivity index (χ0) is 8.39. The summed E-state index contributed by atoms with van der Waals surface area (Å²) in [6.45, 7) is 2.75. The summed E-state index contributed by atoms with van der Waals surface area (Å²) in [7, 11) is 0. The number of nitrogens with zero attached hydrogens (tertiary/aromatic N) is 1. The molecule has 0 unspecified atom stereocenters. The average Bonchev–Trinajstić information content (AvgIpc) is 1.97. The summed E-state index contributed by atoms with van der Waals surface area (Å²) in [5.41, 5.74) is 0. The van der Waals surface area contributed by atoms with Gasteiger partial charge in [0.15, 0.2) is 0 Å². The molecule has 0 radical (unpaired) electrons. The van der Waals surface area contributed by atoms with Gasteiger partial charge in [-0.15, -0.1) is 0 Å². The van der Waals surface area contributed by atoms with Gasteiger partial charge in [-0.05, 0) is 25.2 Å². The highest BCUT2D eigenvalue weighted by molar-refractivity contribution is 4.99. The van der Waals surface area contributed by atoms with Crippen molar-refractivity contribution in [3.05, 3.63) is 11.9 Å². The maximum Gasteiger partial charge on any atom is 0.110 e. The van der Waals surface area contributed by atoms with E-state index in [4.69, 9.17) is 0 Å². The highest BCUT2D eigenvalue weighted by Gasteiger charge is 2.22. The molecule has 2 aliphatic rings. The first kappa shape index (κ1) is 8.24. The van der Waals surface area contributed by atoms with E-state index in [2.05, 4.69) is 4.90 Å². The third-order valence-electron chi connectivity index (χ3n) is 2.93. The molecule has 68 valence electrons. The third-order valence-corrected chi connectivity index (χ3v) is 2.93. The van der Waals surface area contributed by atoms with Crippen LogP contribution in [0.15, 0.2) is 11.9 Å². The van der Waals surface area contributed by atoms with Crippen molar-refractivity contribution in [1.82, 2.24) is 4.90 Å². The van der Waals surface area contributed by atoms with Crippen LogP contribution in [0.5, 0.6) is 0 Å². The molecule has 1 fully saturated rings. The Labute approximate surface area is 73.2 Å². The molecule has 1 heterocycles. The van der Waals surface area contributed by atoms with Gasteiger partial charge < -0.3 is 0 Å². The van der Waals surface area contributed by atoms with Crippen LogP contribution < -0.4 is 0 Å². The van der Waals surface area contributed by atoms with Gasteiger partial charge in [0, 0.05) is 19.6 Å². The molecule has 0 atom stereocenters. The summed E-state index contributed by atoms with van der Waals surface area (Å²) < 4.78 is 12.8. The summed E-state index contributed by atoms with van der Waals surface area (Å²) >= 11 is 0. The second-order valence-corrected chi connectivity index (χ2v) is 3.97. The fourth-order valence-electron chi connectivity index (χ4n) is 1.96. The standard InChI is InChI=1S/C10H16FN/c11-10-5-2-6-12(8-10)7-9-3-1-4-9/h5,9H,1-4,6-8H2. The topological polar surface area (TPSA) is 3.24 Å². The molecular formula is C10H16FN. The molecule has 0 N–H and O–H groups in total. The van der Waals surface area contributed by atoms with Crippen molar-refractivity contribution < 1.29 is 4.39 Å². The molecule has 0 aromatic rings. The fraction of sp³-hybridized carbons (Fsp3) is 0.800. The molecular weight excluding hydrogens is 153 g/mol. The minimum Gasteiger partial charge on any atom is -0.296 e. The van der Waals surface area contributed by atoms with Crippen LogP contribution in [0.25, 0.3) is 0 Å². The van der Waals surface area contributed by atoms with E-state index >= 15 is 0 Å². The average molecular weight is 169 g/mol. The Morgan fingerprint density at radius 3 is 2.92 bits per heavy atom. The monoisotopic (exact) mass is 169 g/mol. The zero-order valence-electron chi connectivity index (χ0n) is 7.43.